The quantitative estimate of drug-likeness (QED) is 0.563. The van der Waals surface area contributed by atoms with Crippen LogP contribution < -0.4 is 15.0 Å². The Hall–Kier alpha value is -3.94. The third kappa shape index (κ3) is 5.40. The Morgan fingerprint density at radius 1 is 0.906 bits per heavy atom. The lowest BCUT2D eigenvalue weighted by atomic mass is 10.2. The summed E-state index contributed by atoms with van der Waals surface area (Å²) in [7, 11) is 0. The molecule has 1 fully saturated rings. The van der Waals surface area contributed by atoms with Crippen LogP contribution in [-0.4, -0.2) is 41.3 Å². The van der Waals surface area contributed by atoms with Gasteiger partial charge in [0.05, 0.1) is 0 Å². The summed E-state index contributed by atoms with van der Waals surface area (Å²) in [5.74, 6) is 0.965. The first-order valence-electron chi connectivity index (χ1n) is 10.5. The fourth-order valence-corrected chi connectivity index (χ4v) is 3.30. The van der Waals surface area contributed by atoms with Crippen LogP contribution in [0.5, 0.6) is 11.5 Å². The van der Waals surface area contributed by atoms with Crippen molar-refractivity contribution in [2.45, 2.75) is 25.9 Å². The number of para-hydroxylation sites is 1. The Morgan fingerprint density at radius 2 is 1.59 bits per heavy atom. The van der Waals surface area contributed by atoms with E-state index in [-0.39, 0.29) is 5.69 Å². The van der Waals surface area contributed by atoms with Crippen LogP contribution in [0, 0.1) is 0 Å². The van der Waals surface area contributed by atoms with Gasteiger partial charge in [-0.25, -0.2) is 4.79 Å². The summed E-state index contributed by atoms with van der Waals surface area (Å²) in [5.41, 5.74) is 0.628. The predicted molar refractivity (Wildman–Crippen MR) is 120 cm³/mol. The highest BCUT2D eigenvalue weighted by molar-refractivity contribution is 5.96. The number of hydrogen-bond donors (Lipinski definition) is 1. The fourth-order valence-electron chi connectivity index (χ4n) is 3.30. The Balaban J connectivity index is 1.29. The van der Waals surface area contributed by atoms with E-state index in [1.807, 2.05) is 30.3 Å². The van der Waals surface area contributed by atoms with Gasteiger partial charge >= 0.3 is 5.97 Å². The van der Waals surface area contributed by atoms with Crippen molar-refractivity contribution >= 4 is 23.4 Å². The van der Waals surface area contributed by atoms with Gasteiger partial charge in [-0.2, -0.15) is 0 Å². The van der Waals surface area contributed by atoms with E-state index in [1.54, 1.807) is 36.4 Å². The molecule has 0 radical (unpaired) electrons. The summed E-state index contributed by atoms with van der Waals surface area (Å²) in [6.45, 7) is 3.39. The summed E-state index contributed by atoms with van der Waals surface area (Å²) in [4.78, 5) is 26.9. The lowest BCUT2D eigenvalue weighted by Crippen LogP contribution is -2.30. The van der Waals surface area contributed by atoms with E-state index >= 15 is 0 Å². The number of anilines is 2. The summed E-state index contributed by atoms with van der Waals surface area (Å²) in [6.07, 6.45) is 1.25. The van der Waals surface area contributed by atoms with Crippen LogP contribution in [0.2, 0.25) is 0 Å². The molecule has 1 aromatic heterocycles. The maximum absolute atomic E-state index is 12.4. The molecule has 2 heterocycles. The van der Waals surface area contributed by atoms with E-state index in [0.717, 1.165) is 37.5 Å². The summed E-state index contributed by atoms with van der Waals surface area (Å²) >= 11 is 0. The first kappa shape index (κ1) is 21.3. The van der Waals surface area contributed by atoms with Crippen LogP contribution in [0.1, 0.15) is 30.3 Å². The van der Waals surface area contributed by atoms with Gasteiger partial charge in [0.15, 0.2) is 17.6 Å². The Kier molecular flexibility index (Phi) is 6.60. The number of nitrogens with zero attached hydrogens (tertiary/aromatic N) is 3. The number of carbonyl (C=O) groups is 2. The monoisotopic (exact) mass is 432 g/mol. The van der Waals surface area contributed by atoms with E-state index in [4.69, 9.17) is 9.47 Å². The second kappa shape index (κ2) is 9.91. The normalized spacial score (nSPS) is 14.0. The molecule has 8 heteroatoms. The van der Waals surface area contributed by atoms with Crippen molar-refractivity contribution in [2.24, 2.45) is 0 Å². The van der Waals surface area contributed by atoms with Crippen molar-refractivity contribution in [1.82, 2.24) is 10.2 Å². The number of rotatable bonds is 7. The zero-order valence-electron chi connectivity index (χ0n) is 17.7. The van der Waals surface area contributed by atoms with Crippen LogP contribution in [0.3, 0.4) is 0 Å². The molecular formula is C24H24N4O4. The summed E-state index contributed by atoms with van der Waals surface area (Å²) in [6, 6.07) is 19.6. The van der Waals surface area contributed by atoms with Gasteiger partial charge in [0, 0.05) is 18.8 Å². The van der Waals surface area contributed by atoms with Crippen molar-refractivity contribution in [1.29, 1.82) is 0 Å². The van der Waals surface area contributed by atoms with Gasteiger partial charge in [-0.3, -0.25) is 4.79 Å². The molecule has 32 heavy (non-hydrogen) atoms. The molecule has 1 N–H and O–H groups in total. The Labute approximate surface area is 186 Å². The first-order valence-corrected chi connectivity index (χ1v) is 10.5. The molecule has 164 valence electrons. The van der Waals surface area contributed by atoms with Gasteiger partial charge in [0.1, 0.15) is 11.5 Å². The molecule has 2 aromatic carbocycles. The SMILES string of the molecule is CC(OC(=O)c1ccc(N2CCCC2)nn1)C(=O)Nc1ccc(Oc2ccccc2)cc1. The van der Waals surface area contributed by atoms with Crippen molar-refractivity contribution in [3.63, 3.8) is 0 Å². The number of esters is 1. The highest BCUT2D eigenvalue weighted by Crippen LogP contribution is 2.23. The van der Waals surface area contributed by atoms with Gasteiger partial charge in [0.2, 0.25) is 0 Å². The van der Waals surface area contributed by atoms with Crippen molar-refractivity contribution in [3.8, 4) is 11.5 Å². The number of amides is 1. The van der Waals surface area contributed by atoms with E-state index in [1.165, 1.54) is 6.92 Å². The summed E-state index contributed by atoms with van der Waals surface area (Å²) in [5, 5.41) is 10.8. The highest BCUT2D eigenvalue weighted by atomic mass is 16.5. The van der Waals surface area contributed by atoms with Gasteiger partial charge in [0.25, 0.3) is 5.91 Å². The minimum atomic E-state index is -0.997. The van der Waals surface area contributed by atoms with Crippen molar-refractivity contribution < 1.29 is 19.1 Å². The largest absolute Gasteiger partial charge is 0.457 e. The van der Waals surface area contributed by atoms with E-state index < -0.39 is 18.0 Å². The summed E-state index contributed by atoms with van der Waals surface area (Å²) < 4.78 is 11.0. The van der Waals surface area contributed by atoms with Gasteiger partial charge in [-0.05, 0) is 68.3 Å². The van der Waals surface area contributed by atoms with Gasteiger partial charge in [-0.1, -0.05) is 18.2 Å². The van der Waals surface area contributed by atoms with Crippen LogP contribution in [0.4, 0.5) is 11.5 Å². The number of benzene rings is 2. The molecule has 0 aliphatic carbocycles. The lowest BCUT2D eigenvalue weighted by Gasteiger charge is -2.16. The number of nitrogens with one attached hydrogen (secondary N) is 1. The van der Waals surface area contributed by atoms with E-state index in [9.17, 15) is 9.59 Å². The number of ether oxygens (including phenoxy) is 2. The first-order chi connectivity index (χ1) is 15.6. The van der Waals surface area contributed by atoms with Crippen molar-refractivity contribution in [3.05, 3.63) is 72.4 Å². The second-order valence-corrected chi connectivity index (χ2v) is 7.45. The molecule has 0 saturated carbocycles. The smallest absolute Gasteiger partial charge is 0.359 e. The molecule has 1 amide bonds. The van der Waals surface area contributed by atoms with Crippen LogP contribution in [-0.2, 0) is 9.53 Å². The number of hydrogen-bond acceptors (Lipinski definition) is 7. The molecule has 1 atom stereocenters. The zero-order valence-corrected chi connectivity index (χ0v) is 17.7. The molecule has 1 unspecified atom stereocenters. The maximum Gasteiger partial charge on any atom is 0.359 e. The van der Waals surface area contributed by atoms with Crippen molar-refractivity contribution in [2.75, 3.05) is 23.3 Å². The molecule has 1 aliphatic heterocycles. The third-order valence-corrected chi connectivity index (χ3v) is 5.04. The fraction of sp³-hybridized carbons (Fsp3) is 0.250. The maximum atomic E-state index is 12.4. The number of carbonyl (C=O) groups excluding carboxylic acids is 2. The van der Waals surface area contributed by atoms with Crippen LogP contribution in [0.15, 0.2) is 66.7 Å². The Bertz CT molecular complexity index is 1050. The van der Waals surface area contributed by atoms with Crippen LogP contribution >= 0.6 is 0 Å². The van der Waals surface area contributed by atoms with Gasteiger partial charge < -0.3 is 19.7 Å². The molecule has 4 rings (SSSR count). The molecule has 0 spiro atoms. The lowest BCUT2D eigenvalue weighted by molar-refractivity contribution is -0.123. The molecule has 1 aliphatic rings. The molecular weight excluding hydrogens is 408 g/mol. The standard InChI is InChI=1S/C24H24N4O4/c1-17(31-24(30)21-13-14-22(27-26-21)28-15-5-6-16-28)23(29)25-18-9-11-20(12-10-18)32-19-7-3-2-4-8-19/h2-4,7-14,17H,5-6,15-16H2,1H3,(H,25,29). The highest BCUT2D eigenvalue weighted by Gasteiger charge is 2.21. The van der Waals surface area contributed by atoms with E-state index in [0.29, 0.717) is 11.4 Å². The minimum Gasteiger partial charge on any atom is -0.457 e. The number of aromatic nitrogens is 2. The third-order valence-electron chi connectivity index (χ3n) is 5.04. The molecule has 0 bridgehead atoms. The second-order valence-electron chi connectivity index (χ2n) is 7.45. The molecule has 3 aromatic rings. The average Bonchev–Trinajstić information content (AvgIpc) is 3.36. The minimum absolute atomic E-state index is 0.0648. The average molecular weight is 432 g/mol. The predicted octanol–water partition coefficient (Wildman–Crippen LogP) is 4.05. The topological polar surface area (TPSA) is 93.7 Å². The molecule has 1 saturated heterocycles. The molecule has 8 nitrogen and oxygen atoms in total. The Morgan fingerprint density at radius 3 is 2.25 bits per heavy atom. The van der Waals surface area contributed by atoms with Gasteiger partial charge in [-0.15, -0.1) is 10.2 Å². The zero-order chi connectivity index (χ0) is 22.3. The van der Waals surface area contributed by atoms with Crippen LogP contribution in [0.25, 0.3) is 0 Å². The van der Waals surface area contributed by atoms with E-state index in [2.05, 4.69) is 20.4 Å².